The second-order valence-corrected chi connectivity index (χ2v) is 12.0. The van der Waals surface area contributed by atoms with Crippen LogP contribution >= 0.6 is 0 Å². The minimum atomic E-state index is -1.55. The molecule has 0 amide bonds. The molecule has 202 valence electrons. The van der Waals surface area contributed by atoms with Crippen molar-refractivity contribution < 1.29 is 29.8 Å². The summed E-state index contributed by atoms with van der Waals surface area (Å²) in [4.78, 5) is 18.3. The van der Waals surface area contributed by atoms with Crippen molar-refractivity contribution >= 4 is 11.9 Å². The number of rotatable bonds is 6. The van der Waals surface area contributed by atoms with Crippen LogP contribution in [0.5, 0.6) is 0 Å². The summed E-state index contributed by atoms with van der Waals surface area (Å²) >= 11 is 0. The number of carboxylic acids is 1. The van der Waals surface area contributed by atoms with Crippen LogP contribution in [0.3, 0.4) is 0 Å². The first-order valence-corrected chi connectivity index (χ1v) is 13.9. The standard InChI is InChI=1S/C27H44N4O5/c1-29-24(28)31-11-9-19(14-30-10-12-32)26(16-31)18-8-7-17-5-3-4-6-21(36-2)27(35)15-25(17,26)20(13-18)22(27)23(33)34/h17-19,21,30,32,35H,3-16H2,1-2H3,(H2,28,29)(H,33,34)/t17-,18-,19-,21+,25+,26-,27-/m1/s1. The summed E-state index contributed by atoms with van der Waals surface area (Å²) in [5.41, 5.74) is 5.31. The van der Waals surface area contributed by atoms with Gasteiger partial charge >= 0.3 is 0 Å². The van der Waals surface area contributed by atoms with Crippen molar-refractivity contribution in [2.24, 2.45) is 39.3 Å². The van der Waals surface area contributed by atoms with Crippen LogP contribution in [0.25, 0.3) is 0 Å². The second-order valence-electron chi connectivity index (χ2n) is 12.0. The molecule has 1 aliphatic heterocycles. The maximum Gasteiger partial charge on any atom is 0.293 e. The topological polar surface area (TPSA) is 145 Å². The lowest BCUT2D eigenvalue weighted by Gasteiger charge is -2.61. The third-order valence-electron chi connectivity index (χ3n) is 11.0. The number of fused-ring (bicyclic) bond motifs is 1. The summed E-state index contributed by atoms with van der Waals surface area (Å²) in [6.45, 7) is 3.05. The molecule has 1 heterocycles. The number of nitrogens with zero attached hydrogens (tertiary/aromatic N) is 1. The number of guanidine groups is 1. The summed E-state index contributed by atoms with van der Waals surface area (Å²) in [5, 5.41) is 38.0. The van der Waals surface area contributed by atoms with E-state index < -0.39 is 23.1 Å². The van der Waals surface area contributed by atoms with E-state index >= 15 is 0 Å². The zero-order valence-electron chi connectivity index (χ0n) is 21.9. The SMILES string of the molecule is CN=C(N)[NH+]1CC[C@H](CNCCO)[C@@]2(C1)[C@@H]1CC[C@H]3CCCC[C@H](OC)[C@]4(O)C[C@@]32C(=C4C(=O)[O-])C1. The van der Waals surface area contributed by atoms with Gasteiger partial charge in [-0.05, 0) is 62.8 Å². The van der Waals surface area contributed by atoms with Gasteiger partial charge in [0.2, 0.25) is 0 Å². The Labute approximate surface area is 214 Å². The Hall–Kier alpha value is -1.52. The van der Waals surface area contributed by atoms with Crippen LogP contribution in [0.2, 0.25) is 0 Å². The predicted octanol–water partition coefficient (Wildman–Crippen LogP) is -1.41. The van der Waals surface area contributed by atoms with Gasteiger partial charge in [0.05, 0.1) is 31.8 Å². The molecule has 3 bridgehead atoms. The van der Waals surface area contributed by atoms with Crippen molar-refractivity contribution in [1.82, 2.24) is 5.32 Å². The minimum Gasteiger partial charge on any atom is -0.545 e. The number of carboxylic acid groups (broad SMARTS) is 1. The van der Waals surface area contributed by atoms with Gasteiger partial charge in [0.1, 0.15) is 5.60 Å². The molecule has 0 aromatic heterocycles. The summed E-state index contributed by atoms with van der Waals surface area (Å²) in [7, 11) is 3.33. The van der Waals surface area contributed by atoms with E-state index in [9.17, 15) is 20.1 Å². The van der Waals surface area contributed by atoms with E-state index in [2.05, 4.69) is 10.3 Å². The maximum atomic E-state index is 12.8. The number of carbonyl (C=O) groups is 1. The van der Waals surface area contributed by atoms with Gasteiger partial charge in [-0.1, -0.05) is 18.4 Å². The molecule has 36 heavy (non-hydrogen) atoms. The lowest BCUT2D eigenvalue weighted by molar-refractivity contribution is -0.828. The number of piperidine rings is 1. The molecule has 1 saturated heterocycles. The summed E-state index contributed by atoms with van der Waals surface area (Å²) in [6, 6.07) is 0. The van der Waals surface area contributed by atoms with Crippen molar-refractivity contribution in [1.29, 1.82) is 0 Å². The number of carbonyl (C=O) groups excluding carboxylic acids is 1. The Morgan fingerprint density at radius 3 is 2.69 bits per heavy atom. The summed E-state index contributed by atoms with van der Waals surface area (Å²) in [6.07, 6.45) is 7.25. The van der Waals surface area contributed by atoms with Gasteiger partial charge in [0, 0.05) is 43.5 Å². The largest absolute Gasteiger partial charge is 0.545 e. The van der Waals surface area contributed by atoms with E-state index in [1.54, 1.807) is 14.2 Å². The smallest absolute Gasteiger partial charge is 0.293 e. The van der Waals surface area contributed by atoms with Crippen molar-refractivity contribution in [3.05, 3.63) is 11.1 Å². The third-order valence-corrected chi connectivity index (χ3v) is 11.0. The molecule has 4 aliphatic carbocycles. The fourth-order valence-electron chi connectivity index (χ4n) is 9.85. The molecule has 3 saturated carbocycles. The highest BCUT2D eigenvalue weighted by molar-refractivity contribution is 5.90. The number of nitrogens with two attached hydrogens (primary N) is 1. The molecular weight excluding hydrogens is 460 g/mol. The zero-order chi connectivity index (χ0) is 25.7. The number of aliphatic hydroxyl groups excluding tert-OH is 1. The number of aliphatic imine (C=N–C) groups is 1. The lowest BCUT2D eigenvalue weighted by Crippen LogP contribution is -3.19. The van der Waals surface area contributed by atoms with Gasteiger partial charge in [0.15, 0.2) is 0 Å². The summed E-state index contributed by atoms with van der Waals surface area (Å²) < 4.78 is 5.84. The molecule has 4 fully saturated rings. The highest BCUT2D eigenvalue weighted by atomic mass is 16.5. The van der Waals surface area contributed by atoms with Crippen LogP contribution in [-0.4, -0.2) is 80.8 Å². The predicted molar refractivity (Wildman–Crippen MR) is 133 cm³/mol. The lowest BCUT2D eigenvalue weighted by atomic mass is 9.44. The van der Waals surface area contributed by atoms with E-state index in [0.717, 1.165) is 63.7 Å². The molecular formula is C27H44N4O5. The molecule has 6 N–H and O–H groups in total. The van der Waals surface area contributed by atoms with E-state index in [-0.39, 0.29) is 23.5 Å². The van der Waals surface area contributed by atoms with Crippen LogP contribution in [-0.2, 0) is 9.53 Å². The van der Waals surface area contributed by atoms with Crippen molar-refractivity contribution in [3.8, 4) is 0 Å². The van der Waals surface area contributed by atoms with E-state index in [1.807, 2.05) is 0 Å². The van der Waals surface area contributed by atoms with Crippen LogP contribution in [0.4, 0.5) is 0 Å². The quantitative estimate of drug-likeness (QED) is 0.170. The number of allylic oxidation sites excluding steroid dienone is 1. The van der Waals surface area contributed by atoms with Gasteiger partial charge in [0.25, 0.3) is 5.96 Å². The third kappa shape index (κ3) is 3.46. The van der Waals surface area contributed by atoms with Gasteiger partial charge < -0.3 is 35.9 Å². The number of quaternary nitrogens is 1. The van der Waals surface area contributed by atoms with E-state index in [4.69, 9.17) is 10.5 Å². The van der Waals surface area contributed by atoms with Gasteiger partial charge in [-0.15, -0.1) is 0 Å². The van der Waals surface area contributed by atoms with Crippen molar-refractivity contribution in [2.75, 3.05) is 46.9 Å². The second kappa shape index (κ2) is 9.66. The molecule has 0 aromatic carbocycles. The first-order valence-electron chi connectivity index (χ1n) is 13.9. The number of aliphatic carboxylic acids is 1. The Morgan fingerprint density at radius 2 is 2.00 bits per heavy atom. The molecule has 5 rings (SSSR count). The number of hydrogen-bond acceptors (Lipinski definition) is 7. The Bertz CT molecular complexity index is 939. The molecule has 8 atom stereocenters. The number of methoxy groups -OCH3 is 1. The van der Waals surface area contributed by atoms with Crippen LogP contribution in [0, 0.1) is 28.6 Å². The highest BCUT2D eigenvalue weighted by Gasteiger charge is 2.77. The molecule has 0 radical (unpaired) electrons. The molecule has 5 aliphatic rings. The molecule has 9 nitrogen and oxygen atoms in total. The number of likely N-dealkylation sites (tertiary alicyclic amines) is 1. The van der Waals surface area contributed by atoms with Crippen LogP contribution in [0.15, 0.2) is 16.1 Å². The van der Waals surface area contributed by atoms with Crippen LogP contribution < -0.4 is 21.1 Å². The number of hydrogen-bond donors (Lipinski definition) is 5. The van der Waals surface area contributed by atoms with Crippen molar-refractivity contribution in [2.45, 2.75) is 69.5 Å². The Balaban J connectivity index is 1.73. The average Bonchev–Trinajstić information content (AvgIpc) is 3.22. The number of ether oxygens (including phenoxy) is 1. The number of nitrogens with one attached hydrogen (secondary N) is 2. The molecule has 0 aromatic rings. The van der Waals surface area contributed by atoms with Gasteiger partial charge in [-0.25, -0.2) is 4.99 Å². The fraction of sp³-hybridized carbons (Fsp3) is 0.852. The molecule has 2 spiro atoms. The molecule has 9 heteroatoms. The van der Waals surface area contributed by atoms with Gasteiger partial charge in [-0.3, -0.25) is 4.90 Å². The molecule has 1 unspecified atom stereocenters. The first kappa shape index (κ1) is 26.1. The Morgan fingerprint density at radius 1 is 1.25 bits per heavy atom. The first-order chi connectivity index (χ1) is 17.3. The van der Waals surface area contributed by atoms with Crippen LogP contribution in [0.1, 0.15) is 57.8 Å². The monoisotopic (exact) mass is 504 g/mol. The van der Waals surface area contributed by atoms with Gasteiger partial charge in [-0.2, -0.15) is 0 Å². The fourth-order valence-corrected chi connectivity index (χ4v) is 9.85. The minimum absolute atomic E-state index is 0.0823. The van der Waals surface area contributed by atoms with E-state index in [0.29, 0.717) is 43.6 Å². The zero-order valence-corrected chi connectivity index (χ0v) is 21.9. The maximum absolute atomic E-state index is 12.8. The van der Waals surface area contributed by atoms with Crippen molar-refractivity contribution in [3.63, 3.8) is 0 Å². The van der Waals surface area contributed by atoms with E-state index in [1.165, 1.54) is 4.90 Å². The Kier molecular flexibility index (Phi) is 7.00. The average molecular weight is 505 g/mol. The summed E-state index contributed by atoms with van der Waals surface area (Å²) in [5.74, 6) is 0.287. The highest BCUT2D eigenvalue weighted by Crippen LogP contribution is 2.77. The normalized spacial score (nSPS) is 44.4. The number of aliphatic hydroxyl groups is 2.